The number of carbonyl (C=O) groups excluding carboxylic acids is 2. The van der Waals surface area contributed by atoms with E-state index >= 15 is 0 Å². The topological polar surface area (TPSA) is 123 Å². The summed E-state index contributed by atoms with van der Waals surface area (Å²) in [6.45, 7) is 4.92. The van der Waals surface area contributed by atoms with E-state index in [0.717, 1.165) is 22.3 Å². The van der Waals surface area contributed by atoms with Gasteiger partial charge in [0, 0.05) is 12.1 Å². The van der Waals surface area contributed by atoms with E-state index in [-0.39, 0.29) is 12.5 Å². The number of benzene rings is 2. The molecule has 2 amide bonds. The molecule has 9 nitrogen and oxygen atoms in total. The molecule has 1 aliphatic carbocycles. The standard InChI is InChI=1S/C26H28N4O5/c1-4-22(23(31)28-16-13-27-30(14-16)26(2,3)24(32)33)29-25(34)35-15-21-19-11-7-5-9-17(19)18-10-6-8-12-20(18)21/h5-14,21-22H,4,15H2,1-3H3,(H,28,31)(H,29,34)(H,32,33)/t22-/m0/s1. The van der Waals surface area contributed by atoms with E-state index in [9.17, 15) is 19.5 Å². The molecule has 35 heavy (non-hydrogen) atoms. The van der Waals surface area contributed by atoms with Gasteiger partial charge in [-0.15, -0.1) is 0 Å². The molecular weight excluding hydrogens is 448 g/mol. The van der Waals surface area contributed by atoms with Crippen LogP contribution in [0.5, 0.6) is 0 Å². The summed E-state index contributed by atoms with van der Waals surface area (Å²) >= 11 is 0. The SMILES string of the molecule is CC[C@H](NC(=O)OCC1c2ccccc2-c2ccccc21)C(=O)Nc1cnn(C(C)(C)C(=O)O)c1. The maximum absolute atomic E-state index is 12.7. The zero-order chi connectivity index (χ0) is 25.2. The van der Waals surface area contributed by atoms with Crippen molar-refractivity contribution in [1.29, 1.82) is 0 Å². The number of carboxylic acids is 1. The van der Waals surface area contributed by atoms with Gasteiger partial charge in [0.2, 0.25) is 5.91 Å². The number of anilines is 1. The summed E-state index contributed by atoms with van der Waals surface area (Å²) in [5.74, 6) is -1.58. The number of rotatable bonds is 8. The van der Waals surface area contributed by atoms with Crippen LogP contribution in [0.2, 0.25) is 0 Å². The van der Waals surface area contributed by atoms with Gasteiger partial charge in [-0.05, 0) is 42.5 Å². The average Bonchev–Trinajstić information content (AvgIpc) is 3.44. The monoisotopic (exact) mass is 476 g/mol. The van der Waals surface area contributed by atoms with E-state index in [4.69, 9.17) is 4.74 Å². The Bertz CT molecular complexity index is 1220. The lowest BCUT2D eigenvalue weighted by atomic mass is 9.98. The highest BCUT2D eigenvalue weighted by Crippen LogP contribution is 2.44. The summed E-state index contributed by atoms with van der Waals surface area (Å²) < 4.78 is 6.79. The number of carboxylic acid groups (broad SMARTS) is 1. The summed E-state index contributed by atoms with van der Waals surface area (Å²) in [6.07, 6.45) is 2.45. The number of amides is 2. The van der Waals surface area contributed by atoms with E-state index in [0.29, 0.717) is 12.1 Å². The number of nitrogens with one attached hydrogen (secondary N) is 2. The van der Waals surface area contributed by atoms with Gasteiger partial charge in [-0.1, -0.05) is 55.5 Å². The van der Waals surface area contributed by atoms with E-state index in [2.05, 4.69) is 27.9 Å². The number of alkyl carbamates (subject to hydrolysis) is 1. The number of aliphatic carboxylic acids is 1. The molecule has 0 saturated heterocycles. The summed E-state index contributed by atoms with van der Waals surface area (Å²) in [5.41, 5.74) is 3.54. The number of nitrogens with zero attached hydrogens (tertiary/aromatic N) is 2. The van der Waals surface area contributed by atoms with Crippen LogP contribution in [0.25, 0.3) is 11.1 Å². The molecule has 3 aromatic rings. The first-order valence-electron chi connectivity index (χ1n) is 11.4. The summed E-state index contributed by atoms with van der Waals surface area (Å²) in [7, 11) is 0. The first kappa shape index (κ1) is 24.0. The Kier molecular flexibility index (Phi) is 6.59. The quantitative estimate of drug-likeness (QED) is 0.452. The molecule has 182 valence electrons. The fourth-order valence-corrected chi connectivity index (χ4v) is 4.16. The molecule has 4 rings (SSSR count). The van der Waals surface area contributed by atoms with Gasteiger partial charge >= 0.3 is 12.1 Å². The molecule has 0 aliphatic heterocycles. The molecule has 0 saturated carbocycles. The first-order chi connectivity index (χ1) is 16.7. The lowest BCUT2D eigenvalue weighted by molar-refractivity contribution is -0.146. The predicted molar refractivity (Wildman–Crippen MR) is 130 cm³/mol. The van der Waals surface area contributed by atoms with Crippen LogP contribution in [0.1, 0.15) is 44.2 Å². The van der Waals surface area contributed by atoms with E-state index in [1.807, 2.05) is 36.4 Å². The normalized spacial score (nSPS) is 13.5. The van der Waals surface area contributed by atoms with Crippen LogP contribution in [0, 0.1) is 0 Å². The van der Waals surface area contributed by atoms with E-state index in [1.165, 1.54) is 30.9 Å². The molecular formula is C26H28N4O5. The molecule has 3 N–H and O–H groups in total. The lowest BCUT2D eigenvalue weighted by Gasteiger charge is -2.19. The average molecular weight is 477 g/mol. The van der Waals surface area contributed by atoms with Crippen LogP contribution >= 0.6 is 0 Å². The molecule has 9 heteroatoms. The van der Waals surface area contributed by atoms with Crippen LogP contribution in [0.4, 0.5) is 10.5 Å². The van der Waals surface area contributed by atoms with Crippen molar-refractivity contribution in [3.8, 4) is 11.1 Å². The van der Waals surface area contributed by atoms with Crippen molar-refractivity contribution in [2.24, 2.45) is 0 Å². The smallest absolute Gasteiger partial charge is 0.407 e. The Morgan fingerprint density at radius 3 is 2.26 bits per heavy atom. The Labute approximate surface area is 203 Å². The van der Waals surface area contributed by atoms with Gasteiger partial charge in [0.25, 0.3) is 0 Å². The van der Waals surface area contributed by atoms with Gasteiger partial charge < -0.3 is 20.5 Å². The number of hydrogen-bond acceptors (Lipinski definition) is 5. The summed E-state index contributed by atoms with van der Waals surface area (Å²) in [4.78, 5) is 36.7. The van der Waals surface area contributed by atoms with E-state index in [1.54, 1.807) is 6.92 Å². The Morgan fingerprint density at radius 2 is 1.69 bits per heavy atom. The number of ether oxygens (including phenoxy) is 1. The van der Waals surface area contributed by atoms with Crippen molar-refractivity contribution in [1.82, 2.24) is 15.1 Å². The Balaban J connectivity index is 1.37. The Morgan fingerprint density at radius 1 is 1.09 bits per heavy atom. The summed E-state index contributed by atoms with van der Waals surface area (Å²) in [5, 5.41) is 18.7. The minimum atomic E-state index is -1.27. The second-order valence-electron chi connectivity index (χ2n) is 8.96. The zero-order valence-corrected chi connectivity index (χ0v) is 19.8. The lowest BCUT2D eigenvalue weighted by Crippen LogP contribution is -2.43. The molecule has 1 aromatic heterocycles. The van der Waals surface area contributed by atoms with Gasteiger partial charge in [-0.2, -0.15) is 5.10 Å². The number of fused-ring (bicyclic) bond motifs is 3. The van der Waals surface area contributed by atoms with Crippen molar-refractivity contribution in [3.05, 3.63) is 72.1 Å². The zero-order valence-electron chi connectivity index (χ0n) is 19.8. The first-order valence-corrected chi connectivity index (χ1v) is 11.4. The van der Waals surface area contributed by atoms with Gasteiger partial charge in [-0.25, -0.2) is 9.59 Å². The molecule has 0 bridgehead atoms. The predicted octanol–water partition coefficient (Wildman–Crippen LogP) is 3.96. The highest BCUT2D eigenvalue weighted by atomic mass is 16.5. The number of carbonyl (C=O) groups is 3. The van der Waals surface area contributed by atoms with Gasteiger partial charge in [0.15, 0.2) is 5.54 Å². The minimum absolute atomic E-state index is 0.0783. The second-order valence-corrected chi connectivity index (χ2v) is 8.96. The maximum atomic E-state index is 12.7. The third-order valence-electron chi connectivity index (χ3n) is 6.31. The highest BCUT2D eigenvalue weighted by Gasteiger charge is 2.31. The number of hydrogen-bond donors (Lipinski definition) is 3. The largest absolute Gasteiger partial charge is 0.479 e. The molecule has 1 atom stereocenters. The van der Waals surface area contributed by atoms with Crippen molar-refractivity contribution < 1.29 is 24.2 Å². The molecule has 2 aromatic carbocycles. The third kappa shape index (κ3) is 4.75. The van der Waals surface area contributed by atoms with Crippen LogP contribution in [-0.4, -0.2) is 45.5 Å². The van der Waals surface area contributed by atoms with Crippen molar-refractivity contribution >= 4 is 23.7 Å². The molecule has 1 heterocycles. The van der Waals surface area contributed by atoms with Crippen molar-refractivity contribution in [3.63, 3.8) is 0 Å². The molecule has 0 spiro atoms. The highest BCUT2D eigenvalue weighted by molar-refractivity contribution is 5.96. The van der Waals surface area contributed by atoms with Crippen LogP contribution < -0.4 is 10.6 Å². The van der Waals surface area contributed by atoms with Gasteiger partial charge in [0.05, 0.1) is 11.9 Å². The fraction of sp³-hybridized carbons (Fsp3) is 0.308. The summed E-state index contributed by atoms with van der Waals surface area (Å²) in [6, 6.07) is 15.3. The third-order valence-corrected chi connectivity index (χ3v) is 6.31. The molecule has 0 radical (unpaired) electrons. The molecule has 0 fully saturated rings. The second kappa shape index (κ2) is 9.61. The van der Waals surface area contributed by atoms with Crippen molar-refractivity contribution in [2.75, 3.05) is 11.9 Å². The Hall–Kier alpha value is -4.14. The minimum Gasteiger partial charge on any atom is -0.479 e. The van der Waals surface area contributed by atoms with Crippen LogP contribution in [0.15, 0.2) is 60.9 Å². The fourth-order valence-electron chi connectivity index (χ4n) is 4.16. The van der Waals surface area contributed by atoms with E-state index < -0.39 is 29.6 Å². The molecule has 0 unspecified atom stereocenters. The number of aromatic nitrogens is 2. The van der Waals surface area contributed by atoms with Gasteiger partial charge in [0.1, 0.15) is 12.6 Å². The van der Waals surface area contributed by atoms with Crippen LogP contribution in [0.3, 0.4) is 0 Å². The van der Waals surface area contributed by atoms with Crippen molar-refractivity contribution in [2.45, 2.75) is 44.7 Å². The van der Waals surface area contributed by atoms with Gasteiger partial charge in [-0.3, -0.25) is 9.48 Å². The van der Waals surface area contributed by atoms with Crippen LogP contribution in [-0.2, 0) is 19.9 Å². The maximum Gasteiger partial charge on any atom is 0.407 e. The molecule has 1 aliphatic rings.